The molecule has 6 nitrogen and oxygen atoms in total. The van der Waals surface area contributed by atoms with Crippen molar-refractivity contribution >= 4 is 12.1 Å². The monoisotopic (exact) mass is 326 g/mol. The van der Waals surface area contributed by atoms with Crippen LogP contribution in [-0.4, -0.2) is 21.2 Å². The lowest BCUT2D eigenvalue weighted by Crippen LogP contribution is -2.02. The van der Waals surface area contributed by atoms with Crippen molar-refractivity contribution in [1.82, 2.24) is 14.9 Å². The Labute approximate surface area is 141 Å². The SMILES string of the molecule is Cc1noc(C)c1Cn1ccc(N)n1.O=CCCc1ccccc1. The van der Waals surface area contributed by atoms with Crippen LogP contribution in [-0.2, 0) is 17.8 Å². The van der Waals surface area contributed by atoms with Gasteiger partial charge in [-0.1, -0.05) is 35.5 Å². The lowest BCUT2D eigenvalue weighted by atomic mass is 10.1. The van der Waals surface area contributed by atoms with Gasteiger partial charge in [-0.05, 0) is 31.9 Å². The zero-order chi connectivity index (χ0) is 17.4. The average molecular weight is 326 g/mol. The van der Waals surface area contributed by atoms with Crippen molar-refractivity contribution in [2.24, 2.45) is 0 Å². The second kappa shape index (κ2) is 8.67. The van der Waals surface area contributed by atoms with Crippen LogP contribution < -0.4 is 5.73 Å². The van der Waals surface area contributed by atoms with Crippen LogP contribution in [0.5, 0.6) is 0 Å². The Morgan fingerprint density at radius 3 is 2.50 bits per heavy atom. The van der Waals surface area contributed by atoms with Gasteiger partial charge in [0, 0.05) is 18.2 Å². The highest BCUT2D eigenvalue weighted by molar-refractivity contribution is 5.49. The van der Waals surface area contributed by atoms with Gasteiger partial charge in [0.25, 0.3) is 0 Å². The minimum absolute atomic E-state index is 0.525. The summed E-state index contributed by atoms with van der Waals surface area (Å²) in [6, 6.07) is 11.8. The van der Waals surface area contributed by atoms with Crippen molar-refractivity contribution in [2.75, 3.05) is 5.73 Å². The van der Waals surface area contributed by atoms with E-state index < -0.39 is 0 Å². The molecular weight excluding hydrogens is 304 g/mol. The molecule has 0 aliphatic rings. The molecule has 2 aromatic heterocycles. The number of aromatic nitrogens is 3. The van der Waals surface area contributed by atoms with Crippen LogP contribution in [0.3, 0.4) is 0 Å². The molecule has 0 aliphatic heterocycles. The zero-order valence-electron chi connectivity index (χ0n) is 14.0. The largest absolute Gasteiger partial charge is 0.382 e. The molecule has 0 radical (unpaired) electrons. The van der Waals surface area contributed by atoms with Gasteiger partial charge >= 0.3 is 0 Å². The van der Waals surface area contributed by atoms with Crippen molar-refractivity contribution in [3.63, 3.8) is 0 Å². The molecule has 24 heavy (non-hydrogen) atoms. The topological polar surface area (TPSA) is 86.9 Å². The molecule has 0 spiro atoms. The molecule has 0 unspecified atom stereocenters. The van der Waals surface area contributed by atoms with E-state index in [1.54, 1.807) is 10.7 Å². The van der Waals surface area contributed by atoms with Crippen LogP contribution in [0.25, 0.3) is 0 Å². The highest BCUT2D eigenvalue weighted by Gasteiger charge is 2.09. The number of hydrogen-bond acceptors (Lipinski definition) is 5. The molecule has 0 atom stereocenters. The fourth-order valence-electron chi connectivity index (χ4n) is 2.23. The number of rotatable bonds is 5. The van der Waals surface area contributed by atoms with Crippen LogP contribution in [0.1, 0.15) is 29.0 Å². The summed E-state index contributed by atoms with van der Waals surface area (Å²) >= 11 is 0. The third-order valence-electron chi connectivity index (χ3n) is 3.56. The quantitative estimate of drug-likeness (QED) is 0.728. The van der Waals surface area contributed by atoms with Crippen molar-refractivity contribution in [2.45, 2.75) is 33.2 Å². The summed E-state index contributed by atoms with van der Waals surface area (Å²) in [5.74, 6) is 1.35. The number of hydrogen-bond donors (Lipinski definition) is 1. The molecule has 0 aliphatic carbocycles. The van der Waals surface area contributed by atoms with Crippen molar-refractivity contribution in [1.29, 1.82) is 0 Å². The predicted octanol–water partition coefficient (Wildman–Crippen LogP) is 2.94. The fraction of sp³-hybridized carbons (Fsp3) is 0.278. The summed E-state index contributed by atoms with van der Waals surface area (Å²) in [6.45, 7) is 4.46. The molecule has 6 heteroatoms. The van der Waals surface area contributed by atoms with Gasteiger partial charge in [-0.2, -0.15) is 5.10 Å². The first-order valence-corrected chi connectivity index (χ1v) is 7.78. The molecule has 1 aromatic carbocycles. The highest BCUT2D eigenvalue weighted by Crippen LogP contribution is 2.13. The van der Waals surface area contributed by atoms with E-state index in [0.717, 1.165) is 29.7 Å². The first-order valence-electron chi connectivity index (χ1n) is 7.78. The van der Waals surface area contributed by atoms with Gasteiger partial charge in [0.15, 0.2) is 0 Å². The van der Waals surface area contributed by atoms with Crippen molar-refractivity contribution < 1.29 is 9.32 Å². The summed E-state index contributed by atoms with van der Waals surface area (Å²) in [6.07, 6.45) is 4.28. The third kappa shape index (κ3) is 5.08. The molecule has 0 fully saturated rings. The van der Waals surface area contributed by atoms with Crippen LogP contribution in [0, 0.1) is 13.8 Å². The van der Waals surface area contributed by atoms with Crippen LogP contribution in [0.4, 0.5) is 5.82 Å². The predicted molar refractivity (Wildman–Crippen MR) is 92.5 cm³/mol. The number of anilines is 1. The Morgan fingerprint density at radius 2 is 1.96 bits per heavy atom. The second-order valence-electron chi connectivity index (χ2n) is 5.43. The smallest absolute Gasteiger partial charge is 0.145 e. The number of aldehydes is 1. The molecule has 3 rings (SSSR count). The number of aryl methyl sites for hydroxylation is 3. The Kier molecular flexibility index (Phi) is 6.31. The standard InChI is InChI=1S/C9H12N4O.C9H10O/c1-6-8(7(2)14-12-6)5-13-4-3-9(10)11-13;10-8-4-7-9-5-2-1-3-6-9/h3-4H,5H2,1-2H3,(H2,10,11);1-3,5-6,8H,4,7H2. The van der Waals surface area contributed by atoms with Gasteiger partial charge in [-0.3, -0.25) is 4.68 Å². The minimum atomic E-state index is 0.525. The summed E-state index contributed by atoms with van der Waals surface area (Å²) in [5.41, 5.74) is 8.71. The highest BCUT2D eigenvalue weighted by atomic mass is 16.5. The lowest BCUT2D eigenvalue weighted by molar-refractivity contribution is -0.107. The van der Waals surface area contributed by atoms with E-state index in [2.05, 4.69) is 10.3 Å². The Morgan fingerprint density at radius 1 is 1.21 bits per heavy atom. The number of carbonyl (C=O) groups excluding carboxylic acids is 1. The number of benzene rings is 1. The number of carbonyl (C=O) groups is 1. The van der Waals surface area contributed by atoms with Crippen LogP contribution in [0.2, 0.25) is 0 Å². The Hall–Kier alpha value is -2.89. The van der Waals surface area contributed by atoms with E-state index in [9.17, 15) is 4.79 Å². The first kappa shape index (κ1) is 17.5. The number of nitrogens with zero attached hydrogens (tertiary/aromatic N) is 3. The van der Waals surface area contributed by atoms with Gasteiger partial charge in [0.1, 0.15) is 17.9 Å². The van der Waals surface area contributed by atoms with E-state index >= 15 is 0 Å². The fourth-order valence-corrected chi connectivity index (χ4v) is 2.23. The molecule has 2 heterocycles. The van der Waals surface area contributed by atoms with Gasteiger partial charge in [0.2, 0.25) is 0 Å². The Balaban J connectivity index is 0.000000185. The van der Waals surface area contributed by atoms with E-state index in [4.69, 9.17) is 10.3 Å². The second-order valence-corrected chi connectivity index (χ2v) is 5.43. The van der Waals surface area contributed by atoms with Crippen LogP contribution >= 0.6 is 0 Å². The molecule has 3 aromatic rings. The maximum absolute atomic E-state index is 9.98. The molecule has 0 saturated heterocycles. The lowest BCUT2D eigenvalue weighted by Gasteiger charge is -1.99. The third-order valence-corrected chi connectivity index (χ3v) is 3.56. The van der Waals surface area contributed by atoms with Gasteiger partial charge in [-0.15, -0.1) is 0 Å². The normalized spacial score (nSPS) is 10.1. The Bertz CT molecular complexity index is 743. The van der Waals surface area contributed by atoms with Gasteiger partial charge < -0.3 is 15.1 Å². The maximum atomic E-state index is 9.98. The average Bonchev–Trinajstić information content (AvgIpc) is 3.15. The summed E-state index contributed by atoms with van der Waals surface area (Å²) in [4.78, 5) is 9.98. The number of nitrogens with two attached hydrogens (primary N) is 1. The molecule has 0 amide bonds. The molecule has 0 bridgehead atoms. The van der Waals surface area contributed by atoms with Gasteiger partial charge in [0.05, 0.1) is 12.2 Å². The molecule has 0 saturated carbocycles. The summed E-state index contributed by atoms with van der Waals surface area (Å²) < 4.78 is 6.82. The summed E-state index contributed by atoms with van der Waals surface area (Å²) in [5, 5.41) is 7.96. The summed E-state index contributed by atoms with van der Waals surface area (Å²) in [7, 11) is 0. The molecule has 2 N–H and O–H groups in total. The maximum Gasteiger partial charge on any atom is 0.145 e. The number of nitrogen functional groups attached to an aromatic ring is 1. The minimum Gasteiger partial charge on any atom is -0.382 e. The van der Waals surface area contributed by atoms with E-state index in [0.29, 0.717) is 18.8 Å². The van der Waals surface area contributed by atoms with Gasteiger partial charge in [-0.25, -0.2) is 0 Å². The molecular formula is C18H22N4O2. The first-order chi connectivity index (χ1) is 11.6. The van der Waals surface area contributed by atoms with Crippen molar-refractivity contribution in [3.05, 3.63) is 65.2 Å². The van der Waals surface area contributed by atoms with E-state index in [1.165, 1.54) is 5.56 Å². The van der Waals surface area contributed by atoms with E-state index in [1.807, 2.05) is 50.4 Å². The van der Waals surface area contributed by atoms with E-state index in [-0.39, 0.29) is 0 Å². The van der Waals surface area contributed by atoms with Crippen molar-refractivity contribution in [3.8, 4) is 0 Å². The van der Waals surface area contributed by atoms with Crippen LogP contribution in [0.15, 0.2) is 47.1 Å². The zero-order valence-corrected chi connectivity index (χ0v) is 14.0. The molecule has 126 valence electrons.